The highest BCUT2D eigenvalue weighted by Gasteiger charge is 2.19. The van der Waals surface area contributed by atoms with Crippen LogP contribution in [-0.2, 0) is 18.3 Å². The van der Waals surface area contributed by atoms with E-state index in [1.54, 1.807) is 0 Å². The van der Waals surface area contributed by atoms with E-state index < -0.39 is 20.0 Å². The third-order valence-electron chi connectivity index (χ3n) is 5.29. The average molecular weight is 481 g/mol. The van der Waals surface area contributed by atoms with Gasteiger partial charge in [-0.25, -0.2) is 4.79 Å². The number of likely N-dealkylation sites (N-methyl/N-ethyl adjacent to an activating group) is 1. The van der Waals surface area contributed by atoms with Crippen LogP contribution in [0.2, 0.25) is 0 Å². The number of ether oxygens (including phenoxy) is 1. The van der Waals surface area contributed by atoms with Gasteiger partial charge >= 0.3 is 6.09 Å². The molecular formula is C23H49N2O6P. The van der Waals surface area contributed by atoms with Crippen molar-refractivity contribution in [2.45, 2.75) is 96.5 Å². The van der Waals surface area contributed by atoms with Crippen molar-refractivity contribution >= 4 is 13.9 Å². The van der Waals surface area contributed by atoms with Crippen LogP contribution in [0, 0.1) is 0 Å². The first kappa shape index (κ1) is 31.3. The molecule has 0 aliphatic rings. The fraction of sp³-hybridized carbons (Fsp3) is 0.957. The second kappa shape index (κ2) is 18.7. The molecule has 0 aromatic rings. The molecule has 0 saturated heterocycles. The van der Waals surface area contributed by atoms with E-state index in [0.29, 0.717) is 17.4 Å². The first-order valence-corrected chi connectivity index (χ1v) is 13.8. The maximum absolute atomic E-state index is 12.0. The largest absolute Gasteiger partial charge is 0.756 e. The minimum absolute atomic E-state index is 0.0456. The van der Waals surface area contributed by atoms with Gasteiger partial charge in [0, 0.05) is 7.05 Å². The molecule has 0 aromatic heterocycles. The molecule has 0 aliphatic carbocycles. The van der Waals surface area contributed by atoms with Crippen LogP contribution in [0.25, 0.3) is 0 Å². The van der Waals surface area contributed by atoms with Crippen molar-refractivity contribution in [1.82, 2.24) is 5.32 Å². The number of phosphoric acid groups is 1. The number of hydrogen-bond donors (Lipinski definition) is 1. The monoisotopic (exact) mass is 480 g/mol. The van der Waals surface area contributed by atoms with E-state index in [-0.39, 0.29) is 13.2 Å². The van der Waals surface area contributed by atoms with Crippen molar-refractivity contribution in [3.63, 3.8) is 0 Å². The summed E-state index contributed by atoms with van der Waals surface area (Å²) >= 11 is 0. The lowest BCUT2D eigenvalue weighted by atomic mass is 10.0. The Morgan fingerprint density at radius 1 is 0.906 bits per heavy atom. The van der Waals surface area contributed by atoms with Crippen LogP contribution in [0.15, 0.2) is 0 Å². The summed E-state index contributed by atoms with van der Waals surface area (Å²) in [6.07, 6.45) is 14.2. The second-order valence-electron chi connectivity index (χ2n) is 9.55. The molecule has 0 bridgehead atoms. The van der Waals surface area contributed by atoms with E-state index in [2.05, 4.69) is 12.2 Å². The Morgan fingerprint density at radius 3 is 1.88 bits per heavy atom. The first-order valence-electron chi connectivity index (χ1n) is 12.4. The maximum atomic E-state index is 12.0. The number of nitrogens with zero attached hydrogens (tertiary/aromatic N) is 1. The molecule has 0 spiro atoms. The maximum Gasteiger partial charge on any atom is 0.407 e. The van der Waals surface area contributed by atoms with Gasteiger partial charge in [0.25, 0.3) is 7.82 Å². The Balaban J connectivity index is 4.04. The summed E-state index contributed by atoms with van der Waals surface area (Å²) in [5.41, 5.74) is 0. The summed E-state index contributed by atoms with van der Waals surface area (Å²) in [6.45, 7) is 2.60. The summed E-state index contributed by atoms with van der Waals surface area (Å²) in [6, 6.07) is 0. The molecule has 192 valence electrons. The number of rotatable bonds is 21. The van der Waals surface area contributed by atoms with Crippen LogP contribution in [-0.4, -0.2) is 64.6 Å². The SMILES string of the molecule is CCCCCCCCCCCCCCC(COP(=O)([O-])OCC[N+](C)(C)C)OC(=O)NC. The van der Waals surface area contributed by atoms with Crippen molar-refractivity contribution in [2.24, 2.45) is 0 Å². The molecule has 0 fully saturated rings. The lowest BCUT2D eigenvalue weighted by Crippen LogP contribution is -2.37. The minimum atomic E-state index is -4.43. The Morgan fingerprint density at radius 2 is 1.41 bits per heavy atom. The lowest BCUT2D eigenvalue weighted by Gasteiger charge is -2.28. The van der Waals surface area contributed by atoms with Crippen molar-refractivity contribution in [3.05, 3.63) is 0 Å². The van der Waals surface area contributed by atoms with Crippen molar-refractivity contribution in [2.75, 3.05) is 47.9 Å². The van der Waals surface area contributed by atoms with Gasteiger partial charge in [0.15, 0.2) is 0 Å². The number of nitrogens with one attached hydrogen (secondary N) is 1. The van der Waals surface area contributed by atoms with Gasteiger partial charge in [0.2, 0.25) is 0 Å². The molecule has 8 nitrogen and oxygen atoms in total. The molecule has 0 heterocycles. The molecule has 1 amide bonds. The van der Waals surface area contributed by atoms with E-state index in [9.17, 15) is 14.3 Å². The van der Waals surface area contributed by atoms with Crippen LogP contribution >= 0.6 is 7.82 Å². The third-order valence-corrected chi connectivity index (χ3v) is 6.25. The van der Waals surface area contributed by atoms with Gasteiger partial charge in [-0.15, -0.1) is 0 Å². The van der Waals surface area contributed by atoms with Gasteiger partial charge in [-0.2, -0.15) is 0 Å². The normalized spacial score (nSPS) is 14.7. The molecule has 0 aliphatic heterocycles. The second-order valence-corrected chi connectivity index (χ2v) is 11.0. The Bertz CT molecular complexity index is 513. The molecule has 0 saturated carbocycles. The van der Waals surface area contributed by atoms with E-state index in [1.807, 2.05) is 21.1 Å². The van der Waals surface area contributed by atoms with Crippen molar-refractivity contribution < 1.29 is 32.5 Å². The number of unbranched alkanes of at least 4 members (excludes halogenated alkanes) is 11. The highest BCUT2D eigenvalue weighted by Crippen LogP contribution is 2.38. The summed E-state index contributed by atoms with van der Waals surface area (Å²) in [4.78, 5) is 23.5. The molecule has 0 radical (unpaired) electrons. The van der Waals surface area contributed by atoms with Crippen LogP contribution in [0.5, 0.6) is 0 Å². The van der Waals surface area contributed by atoms with Crippen LogP contribution in [0.3, 0.4) is 0 Å². The fourth-order valence-corrected chi connectivity index (χ4v) is 3.97. The van der Waals surface area contributed by atoms with Crippen LogP contribution in [0.4, 0.5) is 4.79 Å². The van der Waals surface area contributed by atoms with Gasteiger partial charge in [-0.05, 0) is 12.8 Å². The molecule has 2 atom stereocenters. The predicted octanol–water partition coefficient (Wildman–Crippen LogP) is 5.01. The highest BCUT2D eigenvalue weighted by molar-refractivity contribution is 7.45. The molecule has 0 rings (SSSR count). The summed E-state index contributed by atoms with van der Waals surface area (Å²) in [7, 11) is 2.88. The molecule has 0 aromatic carbocycles. The third kappa shape index (κ3) is 21.2. The van der Waals surface area contributed by atoms with Crippen LogP contribution in [0.1, 0.15) is 90.4 Å². The topological polar surface area (TPSA) is 96.9 Å². The fourth-order valence-electron chi connectivity index (χ4n) is 3.24. The van der Waals surface area contributed by atoms with Gasteiger partial charge in [0.05, 0.1) is 27.7 Å². The smallest absolute Gasteiger partial charge is 0.407 e. The standard InChI is InChI=1S/C23H49N2O6P/c1-6-7-8-9-10-11-12-13-14-15-16-17-18-22(31-23(26)24-2)21-30-32(27,28)29-20-19-25(3,4)5/h22H,6-21H2,1-5H3,(H-,24,26,27,28). The zero-order valence-electron chi connectivity index (χ0n) is 21.2. The van der Waals surface area contributed by atoms with Crippen molar-refractivity contribution in [1.29, 1.82) is 0 Å². The van der Waals surface area contributed by atoms with Crippen LogP contribution < -0.4 is 10.2 Å². The Hall–Kier alpha value is -0.660. The summed E-state index contributed by atoms with van der Waals surface area (Å²) in [5.74, 6) is 0. The zero-order chi connectivity index (χ0) is 24.3. The van der Waals surface area contributed by atoms with Gasteiger partial charge < -0.3 is 28.5 Å². The van der Waals surface area contributed by atoms with E-state index in [0.717, 1.165) is 19.3 Å². The predicted molar refractivity (Wildman–Crippen MR) is 127 cm³/mol. The zero-order valence-corrected chi connectivity index (χ0v) is 22.1. The number of phosphoric ester groups is 1. The van der Waals surface area contributed by atoms with E-state index in [4.69, 9.17) is 13.8 Å². The Labute approximate surface area is 196 Å². The summed E-state index contributed by atoms with van der Waals surface area (Å²) < 4.78 is 27.7. The summed E-state index contributed by atoms with van der Waals surface area (Å²) in [5, 5.41) is 2.39. The quantitative estimate of drug-likeness (QED) is 0.141. The first-order chi connectivity index (χ1) is 15.1. The van der Waals surface area contributed by atoms with Crippen molar-refractivity contribution in [3.8, 4) is 0 Å². The number of hydrogen-bond acceptors (Lipinski definition) is 6. The number of amides is 1. The number of alkyl carbamates (subject to hydrolysis) is 1. The molecule has 9 heteroatoms. The van der Waals surface area contributed by atoms with Gasteiger partial charge in [-0.1, -0.05) is 77.6 Å². The van der Waals surface area contributed by atoms with E-state index >= 15 is 0 Å². The Kier molecular flexibility index (Phi) is 18.3. The molecule has 1 N–H and O–H groups in total. The number of carbonyl (C=O) groups is 1. The van der Waals surface area contributed by atoms with E-state index in [1.165, 1.54) is 64.8 Å². The average Bonchev–Trinajstić information content (AvgIpc) is 2.71. The molecular weight excluding hydrogens is 431 g/mol. The van der Waals surface area contributed by atoms with Gasteiger partial charge in [0.1, 0.15) is 19.3 Å². The lowest BCUT2D eigenvalue weighted by molar-refractivity contribution is -0.870. The highest BCUT2D eigenvalue weighted by atomic mass is 31.2. The number of quaternary nitrogens is 1. The number of carbonyl (C=O) groups excluding carboxylic acids is 1. The minimum Gasteiger partial charge on any atom is -0.756 e. The molecule has 2 unspecified atom stereocenters. The molecule has 32 heavy (non-hydrogen) atoms. The van der Waals surface area contributed by atoms with Gasteiger partial charge in [-0.3, -0.25) is 4.57 Å².